The zero-order chi connectivity index (χ0) is 22.0. The minimum atomic E-state index is 0.0542. The van der Waals surface area contributed by atoms with E-state index >= 15 is 0 Å². The van der Waals surface area contributed by atoms with E-state index in [0.29, 0.717) is 5.56 Å². The highest BCUT2D eigenvalue weighted by Crippen LogP contribution is 2.26. The van der Waals surface area contributed by atoms with Crippen LogP contribution in [0.2, 0.25) is 0 Å². The summed E-state index contributed by atoms with van der Waals surface area (Å²) in [4.78, 5) is 0. The molecule has 1 aromatic heterocycles. The third kappa shape index (κ3) is 4.38. The molecule has 0 saturated heterocycles. The van der Waals surface area contributed by atoms with Crippen molar-refractivity contribution in [1.29, 1.82) is 0 Å². The van der Waals surface area contributed by atoms with Crippen molar-refractivity contribution in [3.8, 4) is 0 Å². The third-order valence-electron chi connectivity index (χ3n) is 5.59. The largest absolute Gasteiger partial charge is 0.508 e. The second-order valence-corrected chi connectivity index (χ2v) is 7.88. The number of benzene rings is 2. The molecule has 2 heterocycles. The molecule has 3 aromatic rings. The van der Waals surface area contributed by atoms with Gasteiger partial charge >= 0.3 is 0 Å². The molecule has 0 aliphatic carbocycles. The Labute approximate surface area is 183 Å². The molecule has 4 heteroatoms. The first-order valence-corrected chi connectivity index (χ1v) is 10.4. The minimum Gasteiger partial charge on any atom is -0.508 e. The van der Waals surface area contributed by atoms with E-state index in [2.05, 4.69) is 74.8 Å². The van der Waals surface area contributed by atoms with E-state index in [1.54, 1.807) is 0 Å². The Bertz CT molecular complexity index is 1210. The van der Waals surface area contributed by atoms with Crippen LogP contribution in [0.15, 0.2) is 79.9 Å². The summed E-state index contributed by atoms with van der Waals surface area (Å²) in [6, 6.07) is 16.0. The predicted molar refractivity (Wildman–Crippen MR) is 130 cm³/mol. The molecule has 2 N–H and O–H groups in total. The highest BCUT2D eigenvalue weighted by atomic mass is 16.3. The monoisotopic (exact) mass is 409 g/mol. The van der Waals surface area contributed by atoms with Crippen LogP contribution in [0.3, 0.4) is 0 Å². The molecule has 2 aromatic carbocycles. The molecule has 0 spiro atoms. The molecule has 1 aliphatic heterocycles. The Balaban J connectivity index is 1.65. The highest BCUT2D eigenvalue weighted by Gasteiger charge is 2.16. The molecule has 4 nitrogen and oxygen atoms in total. The van der Waals surface area contributed by atoms with Crippen LogP contribution < -0.4 is 5.32 Å². The van der Waals surface area contributed by atoms with Gasteiger partial charge in [0.1, 0.15) is 11.5 Å². The number of aryl methyl sites for hydroxylation is 3. The lowest BCUT2D eigenvalue weighted by Crippen LogP contribution is -2.08. The molecule has 0 atom stereocenters. The third-order valence-corrected chi connectivity index (χ3v) is 5.59. The molecule has 0 fully saturated rings. The first-order chi connectivity index (χ1) is 14.9. The maximum atomic E-state index is 9.51. The van der Waals surface area contributed by atoms with E-state index in [-0.39, 0.29) is 5.76 Å². The predicted octanol–water partition coefficient (Wildman–Crippen LogP) is 6.50. The van der Waals surface area contributed by atoms with Gasteiger partial charge in [-0.15, -0.1) is 0 Å². The van der Waals surface area contributed by atoms with Crippen molar-refractivity contribution in [3.05, 3.63) is 114 Å². The number of aromatic nitrogens is 2. The standard InChI is InChI=1S/C27H27N3O/c1-18-10-11-23(16-19(18)2)27-9-7-5-6-8-25-17-26(29-30(25)27)20(3)28-24-14-12-22(13-15-24)21(4)31/h5,7,9-17,28,31H,3-4,6,8H2,1-2H3/b7-5-,27-9-. The lowest BCUT2D eigenvalue weighted by atomic mass is 10.0. The molecule has 1 aliphatic rings. The van der Waals surface area contributed by atoms with Crippen molar-refractivity contribution in [3.63, 3.8) is 0 Å². The number of hydrogen-bond donors (Lipinski definition) is 2. The molecule has 156 valence electrons. The van der Waals surface area contributed by atoms with Crippen LogP contribution in [0.4, 0.5) is 5.69 Å². The number of nitrogens with one attached hydrogen (secondary N) is 1. The molecule has 31 heavy (non-hydrogen) atoms. The number of aliphatic hydroxyl groups is 1. The maximum Gasteiger partial charge on any atom is 0.115 e. The van der Waals surface area contributed by atoms with Gasteiger partial charge in [0.2, 0.25) is 0 Å². The number of rotatable bonds is 5. The van der Waals surface area contributed by atoms with Crippen molar-refractivity contribution >= 4 is 22.8 Å². The van der Waals surface area contributed by atoms with Crippen LogP contribution in [0.5, 0.6) is 0 Å². The quantitative estimate of drug-likeness (QED) is 0.473. The lowest BCUT2D eigenvalue weighted by molar-refractivity contribution is 0.514. The van der Waals surface area contributed by atoms with Gasteiger partial charge in [0.05, 0.1) is 11.4 Å². The number of nitrogens with zero attached hydrogens (tertiary/aromatic N) is 2. The Morgan fingerprint density at radius 1 is 1.03 bits per heavy atom. The molecular weight excluding hydrogens is 382 g/mol. The van der Waals surface area contributed by atoms with Gasteiger partial charge in [0, 0.05) is 22.5 Å². The normalized spacial score (nSPS) is 15.7. The second-order valence-electron chi connectivity index (χ2n) is 7.88. The number of hydrogen-bond acceptors (Lipinski definition) is 3. The molecule has 0 unspecified atom stereocenters. The average molecular weight is 410 g/mol. The molecule has 0 amide bonds. The van der Waals surface area contributed by atoms with E-state index < -0.39 is 0 Å². The Kier molecular flexibility index (Phi) is 5.63. The van der Waals surface area contributed by atoms with Gasteiger partial charge in [-0.25, -0.2) is 4.68 Å². The van der Waals surface area contributed by atoms with E-state index in [4.69, 9.17) is 5.10 Å². The van der Waals surface area contributed by atoms with E-state index in [0.717, 1.165) is 46.9 Å². The van der Waals surface area contributed by atoms with Crippen molar-refractivity contribution in [1.82, 2.24) is 9.78 Å². The Morgan fingerprint density at radius 3 is 2.52 bits per heavy atom. The van der Waals surface area contributed by atoms with Gasteiger partial charge in [0.25, 0.3) is 0 Å². The summed E-state index contributed by atoms with van der Waals surface area (Å²) in [5.41, 5.74) is 8.99. The zero-order valence-electron chi connectivity index (χ0n) is 18.0. The summed E-state index contributed by atoms with van der Waals surface area (Å²) in [7, 11) is 0. The Morgan fingerprint density at radius 2 is 1.81 bits per heavy atom. The summed E-state index contributed by atoms with van der Waals surface area (Å²) in [5.74, 6) is 0.0542. The van der Waals surface area contributed by atoms with Crippen molar-refractivity contribution < 1.29 is 5.11 Å². The van der Waals surface area contributed by atoms with Crippen molar-refractivity contribution in [2.45, 2.75) is 26.7 Å². The second kappa shape index (κ2) is 8.52. The maximum absolute atomic E-state index is 9.51. The highest BCUT2D eigenvalue weighted by molar-refractivity contribution is 5.76. The lowest BCUT2D eigenvalue weighted by Gasteiger charge is -2.14. The molecule has 0 bridgehead atoms. The Hall–Kier alpha value is -3.79. The van der Waals surface area contributed by atoms with Crippen LogP contribution >= 0.6 is 0 Å². The van der Waals surface area contributed by atoms with Crippen molar-refractivity contribution in [2.24, 2.45) is 0 Å². The minimum absolute atomic E-state index is 0.0542. The number of anilines is 1. The van der Waals surface area contributed by atoms with Gasteiger partial charge in [-0.3, -0.25) is 0 Å². The number of fused-ring (bicyclic) bond motifs is 1. The van der Waals surface area contributed by atoms with Crippen molar-refractivity contribution in [2.75, 3.05) is 5.32 Å². The van der Waals surface area contributed by atoms with Gasteiger partial charge in [0.15, 0.2) is 0 Å². The van der Waals surface area contributed by atoms with Crippen LogP contribution in [0.25, 0.3) is 17.2 Å². The first kappa shape index (κ1) is 20.5. The van der Waals surface area contributed by atoms with Crippen LogP contribution in [0, 0.1) is 13.8 Å². The zero-order valence-corrected chi connectivity index (χ0v) is 18.0. The number of aliphatic hydroxyl groups excluding tert-OH is 1. The van der Waals surface area contributed by atoms with Crippen LogP contribution in [0.1, 0.15) is 40.1 Å². The number of allylic oxidation sites excluding steroid dienone is 3. The molecule has 4 rings (SSSR count). The van der Waals surface area contributed by atoms with E-state index in [9.17, 15) is 5.11 Å². The fourth-order valence-corrected chi connectivity index (χ4v) is 3.61. The summed E-state index contributed by atoms with van der Waals surface area (Å²) < 4.78 is 2.04. The summed E-state index contributed by atoms with van der Waals surface area (Å²) >= 11 is 0. The average Bonchev–Trinajstić information content (AvgIpc) is 3.14. The fourth-order valence-electron chi connectivity index (χ4n) is 3.61. The van der Waals surface area contributed by atoms with E-state index in [1.165, 1.54) is 11.1 Å². The van der Waals surface area contributed by atoms with Crippen LogP contribution in [-0.2, 0) is 6.42 Å². The molecular formula is C27H27N3O. The molecule has 0 saturated carbocycles. The summed E-state index contributed by atoms with van der Waals surface area (Å²) in [5, 5.41) is 17.7. The SMILES string of the molecule is C=C(O)c1ccc(NC(=C)c2cc3n(n2)/C(c2ccc(C)c(C)c2)=C\C=C/CC3)cc1. The fraction of sp³-hybridized carbons (Fsp3) is 0.148. The van der Waals surface area contributed by atoms with Gasteiger partial charge in [-0.2, -0.15) is 5.10 Å². The van der Waals surface area contributed by atoms with Gasteiger partial charge in [-0.05, 0) is 80.3 Å². The van der Waals surface area contributed by atoms with Crippen LogP contribution in [-0.4, -0.2) is 14.9 Å². The van der Waals surface area contributed by atoms with Gasteiger partial charge in [-0.1, -0.05) is 37.4 Å². The summed E-state index contributed by atoms with van der Waals surface area (Å²) in [6.07, 6.45) is 8.31. The molecule has 0 radical (unpaired) electrons. The van der Waals surface area contributed by atoms with E-state index in [1.807, 2.05) is 28.9 Å². The summed E-state index contributed by atoms with van der Waals surface area (Å²) in [6.45, 7) is 12.0. The first-order valence-electron chi connectivity index (χ1n) is 10.4. The topological polar surface area (TPSA) is 50.1 Å². The van der Waals surface area contributed by atoms with Gasteiger partial charge < -0.3 is 10.4 Å². The smallest absolute Gasteiger partial charge is 0.115 e.